The normalized spacial score (nSPS) is 21.3. The molecule has 1 aliphatic heterocycles. The van der Waals surface area contributed by atoms with Gasteiger partial charge in [-0.2, -0.15) is 0 Å². The number of hydrogen-bond acceptors (Lipinski definition) is 2. The molecule has 1 fully saturated rings. The highest BCUT2D eigenvalue weighted by Crippen LogP contribution is 2.10. The Hall–Kier alpha value is -0.123. The van der Waals surface area contributed by atoms with Crippen molar-refractivity contribution in [2.45, 2.75) is 45.0 Å². The smallest absolute Gasteiger partial charge is 0.0682 e. The lowest BCUT2D eigenvalue weighted by molar-refractivity contribution is 0.0835. The van der Waals surface area contributed by atoms with Crippen molar-refractivity contribution >= 4 is 8.07 Å². The summed E-state index contributed by atoms with van der Waals surface area (Å²) in [7, 11) is -0.994. The molecule has 1 N–H and O–H groups in total. The third-order valence-electron chi connectivity index (χ3n) is 2.79. The summed E-state index contributed by atoms with van der Waals surface area (Å²) >= 11 is 0. The van der Waals surface area contributed by atoms with Gasteiger partial charge in [-0.3, -0.25) is 0 Å². The number of rotatable bonds is 4. The standard InChI is InChI=1S/C12H25NOSi/c1-15(2,3)11-5-4-8-13-9-6-12(14)7-10-13/h5,11-12,14H,4,6-10H2,1-3H3/b11-5+. The largest absolute Gasteiger partial charge is 0.393 e. The zero-order valence-corrected chi connectivity index (χ0v) is 11.4. The molecule has 0 saturated carbocycles. The first-order valence-corrected chi connectivity index (χ1v) is 9.63. The number of nitrogens with zero attached hydrogens (tertiary/aromatic N) is 1. The molecule has 2 nitrogen and oxygen atoms in total. The molecule has 88 valence electrons. The Labute approximate surface area is 95.0 Å². The second-order valence-corrected chi connectivity index (χ2v) is 10.7. The van der Waals surface area contributed by atoms with Gasteiger partial charge in [-0.15, -0.1) is 0 Å². The molecule has 1 heterocycles. The number of hydrogen-bond donors (Lipinski definition) is 1. The van der Waals surface area contributed by atoms with Gasteiger partial charge in [-0.25, -0.2) is 0 Å². The van der Waals surface area contributed by atoms with Crippen molar-refractivity contribution in [1.82, 2.24) is 4.90 Å². The summed E-state index contributed by atoms with van der Waals surface area (Å²) < 4.78 is 0. The molecule has 0 aromatic rings. The first-order chi connectivity index (χ1) is 6.97. The van der Waals surface area contributed by atoms with Crippen LogP contribution in [0.15, 0.2) is 11.8 Å². The van der Waals surface area contributed by atoms with Crippen LogP contribution in [0.5, 0.6) is 0 Å². The summed E-state index contributed by atoms with van der Waals surface area (Å²) in [6, 6.07) is 0. The molecule has 0 spiro atoms. The number of aliphatic hydroxyl groups excluding tert-OH is 1. The van der Waals surface area contributed by atoms with Crippen molar-refractivity contribution in [1.29, 1.82) is 0 Å². The average molecular weight is 227 g/mol. The summed E-state index contributed by atoms with van der Waals surface area (Å²) in [6.07, 6.45) is 5.38. The van der Waals surface area contributed by atoms with E-state index < -0.39 is 8.07 Å². The number of aliphatic hydroxyl groups is 1. The Balaban J connectivity index is 2.13. The molecule has 1 rings (SSSR count). The molecule has 0 aromatic carbocycles. The molecule has 1 aliphatic rings. The van der Waals surface area contributed by atoms with E-state index in [2.05, 4.69) is 36.3 Å². The zero-order valence-electron chi connectivity index (χ0n) is 10.4. The summed E-state index contributed by atoms with van der Waals surface area (Å²) in [4.78, 5) is 2.46. The van der Waals surface area contributed by atoms with Crippen LogP contribution in [0.1, 0.15) is 19.3 Å². The first kappa shape index (κ1) is 12.9. The van der Waals surface area contributed by atoms with Gasteiger partial charge >= 0.3 is 0 Å². The van der Waals surface area contributed by atoms with Gasteiger partial charge in [0.15, 0.2) is 0 Å². The van der Waals surface area contributed by atoms with Crippen molar-refractivity contribution in [3.63, 3.8) is 0 Å². The maximum atomic E-state index is 9.37. The molecule has 0 radical (unpaired) electrons. The molecule has 0 atom stereocenters. The molecule has 0 unspecified atom stereocenters. The van der Waals surface area contributed by atoms with E-state index in [0.717, 1.165) is 32.5 Å². The van der Waals surface area contributed by atoms with Crippen molar-refractivity contribution < 1.29 is 5.11 Å². The third-order valence-corrected chi connectivity index (χ3v) is 4.02. The summed E-state index contributed by atoms with van der Waals surface area (Å²) in [6.45, 7) is 10.4. The van der Waals surface area contributed by atoms with Gasteiger partial charge in [0, 0.05) is 19.6 Å². The highest BCUT2D eigenvalue weighted by atomic mass is 28.3. The van der Waals surface area contributed by atoms with Crippen molar-refractivity contribution in [3.05, 3.63) is 11.8 Å². The Kier molecular flexibility index (Phi) is 5.03. The van der Waals surface area contributed by atoms with E-state index in [9.17, 15) is 5.11 Å². The Bertz CT molecular complexity index is 202. The van der Waals surface area contributed by atoms with Gasteiger partial charge < -0.3 is 10.0 Å². The zero-order chi connectivity index (χ0) is 11.3. The Morgan fingerprint density at radius 1 is 1.27 bits per heavy atom. The van der Waals surface area contributed by atoms with Crippen molar-refractivity contribution in [2.24, 2.45) is 0 Å². The minimum absolute atomic E-state index is 0.0428. The molecule has 0 aliphatic carbocycles. The van der Waals surface area contributed by atoms with Gasteiger partial charge in [-0.1, -0.05) is 31.4 Å². The molecule has 15 heavy (non-hydrogen) atoms. The fourth-order valence-corrected chi connectivity index (χ4v) is 2.71. The second kappa shape index (κ2) is 5.82. The van der Waals surface area contributed by atoms with E-state index in [0.29, 0.717) is 0 Å². The highest BCUT2D eigenvalue weighted by Gasteiger charge is 2.15. The lowest BCUT2D eigenvalue weighted by Gasteiger charge is -2.29. The molecule has 0 amide bonds. The Morgan fingerprint density at radius 2 is 1.87 bits per heavy atom. The van der Waals surface area contributed by atoms with Crippen LogP contribution in [0.25, 0.3) is 0 Å². The van der Waals surface area contributed by atoms with Crippen LogP contribution in [0, 0.1) is 0 Å². The predicted molar refractivity (Wildman–Crippen MR) is 68.8 cm³/mol. The van der Waals surface area contributed by atoms with Gasteiger partial charge in [0.05, 0.1) is 14.2 Å². The quantitative estimate of drug-likeness (QED) is 0.745. The van der Waals surface area contributed by atoms with Crippen LogP contribution in [-0.2, 0) is 0 Å². The van der Waals surface area contributed by atoms with Crippen LogP contribution < -0.4 is 0 Å². The van der Waals surface area contributed by atoms with Crippen molar-refractivity contribution in [2.75, 3.05) is 19.6 Å². The molecule has 3 heteroatoms. The predicted octanol–water partition coefficient (Wildman–Crippen LogP) is 2.27. The maximum absolute atomic E-state index is 9.37. The first-order valence-electron chi connectivity index (χ1n) is 6.05. The Morgan fingerprint density at radius 3 is 2.40 bits per heavy atom. The molecule has 1 saturated heterocycles. The molecule has 0 bridgehead atoms. The second-order valence-electron chi connectivity index (χ2n) is 5.63. The summed E-state index contributed by atoms with van der Waals surface area (Å²) in [5.41, 5.74) is 2.42. The van der Waals surface area contributed by atoms with E-state index in [1.807, 2.05) is 0 Å². The molecule has 0 aromatic heterocycles. The fourth-order valence-electron chi connectivity index (χ4n) is 1.84. The van der Waals surface area contributed by atoms with Gasteiger partial charge in [0.25, 0.3) is 0 Å². The van der Waals surface area contributed by atoms with E-state index in [4.69, 9.17) is 0 Å². The third kappa shape index (κ3) is 6.13. The van der Waals surface area contributed by atoms with Crippen LogP contribution in [0.4, 0.5) is 0 Å². The van der Waals surface area contributed by atoms with E-state index in [-0.39, 0.29) is 6.10 Å². The van der Waals surface area contributed by atoms with Crippen LogP contribution in [-0.4, -0.2) is 43.8 Å². The molecular weight excluding hydrogens is 202 g/mol. The van der Waals surface area contributed by atoms with E-state index in [1.165, 1.54) is 6.42 Å². The molecular formula is C12H25NOSi. The van der Waals surface area contributed by atoms with Crippen LogP contribution in [0.3, 0.4) is 0 Å². The lowest BCUT2D eigenvalue weighted by Crippen LogP contribution is -2.36. The minimum atomic E-state index is -0.994. The monoisotopic (exact) mass is 227 g/mol. The van der Waals surface area contributed by atoms with Crippen LogP contribution in [0.2, 0.25) is 19.6 Å². The SMILES string of the molecule is C[Si](C)(C)/C=C/CCN1CCC(O)CC1. The number of likely N-dealkylation sites (tertiary alicyclic amines) is 1. The summed E-state index contributed by atoms with van der Waals surface area (Å²) in [5.74, 6) is 0. The van der Waals surface area contributed by atoms with Gasteiger partial charge in [0.1, 0.15) is 0 Å². The lowest BCUT2D eigenvalue weighted by atomic mass is 10.1. The van der Waals surface area contributed by atoms with Gasteiger partial charge in [0.2, 0.25) is 0 Å². The van der Waals surface area contributed by atoms with E-state index >= 15 is 0 Å². The van der Waals surface area contributed by atoms with Crippen LogP contribution >= 0.6 is 0 Å². The number of piperidine rings is 1. The maximum Gasteiger partial charge on any atom is 0.0682 e. The highest BCUT2D eigenvalue weighted by molar-refractivity contribution is 6.80. The topological polar surface area (TPSA) is 23.5 Å². The fraction of sp³-hybridized carbons (Fsp3) is 0.833. The van der Waals surface area contributed by atoms with E-state index in [1.54, 1.807) is 0 Å². The van der Waals surface area contributed by atoms with Crippen molar-refractivity contribution in [3.8, 4) is 0 Å². The minimum Gasteiger partial charge on any atom is -0.393 e. The average Bonchev–Trinajstić information content (AvgIpc) is 2.14. The van der Waals surface area contributed by atoms with Gasteiger partial charge in [-0.05, 0) is 19.3 Å². The summed E-state index contributed by atoms with van der Waals surface area (Å²) in [5, 5.41) is 9.37.